The predicted molar refractivity (Wildman–Crippen MR) is 163 cm³/mol. The van der Waals surface area contributed by atoms with Gasteiger partial charge in [0, 0.05) is 18.6 Å². The van der Waals surface area contributed by atoms with Gasteiger partial charge >= 0.3 is 11.9 Å². The number of carbonyl (C=O) groups excluding carboxylic acids is 4. The van der Waals surface area contributed by atoms with E-state index in [1.807, 2.05) is 13.8 Å². The minimum Gasteiger partial charge on any atom is -0.462 e. The van der Waals surface area contributed by atoms with Gasteiger partial charge in [-0.25, -0.2) is 4.79 Å². The summed E-state index contributed by atoms with van der Waals surface area (Å²) in [6.07, 6.45) is 1.92. The van der Waals surface area contributed by atoms with Crippen molar-refractivity contribution in [1.29, 1.82) is 0 Å². The van der Waals surface area contributed by atoms with Gasteiger partial charge in [-0.15, -0.1) is 0 Å². The van der Waals surface area contributed by atoms with Crippen LogP contribution in [0.1, 0.15) is 104 Å². The normalized spacial score (nSPS) is 21.2. The molecule has 4 rings (SSSR count). The first-order chi connectivity index (χ1) is 20.9. The second-order valence-electron chi connectivity index (χ2n) is 12.9. The molecule has 0 unspecified atom stereocenters. The number of nitro groups is 1. The van der Waals surface area contributed by atoms with E-state index < -0.39 is 40.8 Å². The second-order valence-corrected chi connectivity index (χ2v) is 12.9. The molecule has 0 saturated heterocycles. The van der Waals surface area contributed by atoms with Crippen molar-refractivity contribution in [2.45, 2.75) is 91.4 Å². The van der Waals surface area contributed by atoms with Crippen LogP contribution in [0.15, 0.2) is 48.5 Å². The number of hydrogen-bond donors (Lipinski definition) is 0. The Kier molecular flexibility index (Phi) is 10.5. The summed E-state index contributed by atoms with van der Waals surface area (Å²) in [7, 11) is 0. The Balaban J connectivity index is 1.60. The third-order valence-electron chi connectivity index (χ3n) is 8.75. The first kappa shape index (κ1) is 32.8. The van der Waals surface area contributed by atoms with Crippen LogP contribution in [0.5, 0.6) is 0 Å². The lowest BCUT2D eigenvalue weighted by atomic mass is 9.75. The van der Waals surface area contributed by atoms with Gasteiger partial charge in [0.05, 0.1) is 27.7 Å². The van der Waals surface area contributed by atoms with Crippen molar-refractivity contribution in [1.82, 2.24) is 4.90 Å². The Bertz CT molecular complexity index is 1350. The highest BCUT2D eigenvalue weighted by atomic mass is 16.6. The summed E-state index contributed by atoms with van der Waals surface area (Å²) in [5.74, 6) is -1.08. The average Bonchev–Trinajstić information content (AvgIpc) is 3.23. The standard InChI is InChI=1S/C34H42N2O8/c1-20(2)18-28(35-32(38)26-8-6-7-9-27(26)33(35)39)29(44-34(40)23-11-13-24(14-12-23)36(41)42)16-17-31(37)43-30-19-22(5)10-15-25(30)21(3)4/h6-9,11-14,20-22,25,28-30H,10,15-19H2,1-5H3/t22-,25+,28+,29+,30-/m1/s1. The van der Waals surface area contributed by atoms with Crippen LogP contribution in [-0.4, -0.2) is 51.8 Å². The number of esters is 2. The zero-order valence-electron chi connectivity index (χ0n) is 26.1. The zero-order valence-corrected chi connectivity index (χ0v) is 26.1. The molecule has 0 spiro atoms. The summed E-state index contributed by atoms with van der Waals surface area (Å²) >= 11 is 0. The molecular formula is C34H42N2O8. The number of non-ortho nitro benzene ring substituents is 1. The van der Waals surface area contributed by atoms with E-state index in [9.17, 15) is 29.3 Å². The van der Waals surface area contributed by atoms with Crippen LogP contribution in [0.2, 0.25) is 0 Å². The molecule has 236 valence electrons. The third-order valence-corrected chi connectivity index (χ3v) is 8.75. The average molecular weight is 607 g/mol. The van der Waals surface area contributed by atoms with E-state index in [4.69, 9.17) is 9.47 Å². The fraction of sp³-hybridized carbons (Fsp3) is 0.529. The molecule has 44 heavy (non-hydrogen) atoms. The lowest BCUT2D eigenvalue weighted by Gasteiger charge is -2.37. The minimum atomic E-state index is -1.03. The van der Waals surface area contributed by atoms with E-state index in [0.29, 0.717) is 18.3 Å². The molecule has 2 amide bonds. The summed E-state index contributed by atoms with van der Waals surface area (Å²) in [4.78, 5) is 65.3. The highest BCUT2D eigenvalue weighted by Crippen LogP contribution is 2.36. The number of hydrogen-bond acceptors (Lipinski definition) is 8. The maximum atomic E-state index is 13.5. The summed E-state index contributed by atoms with van der Waals surface area (Å²) in [5.41, 5.74) is 0.445. The number of imide groups is 1. The van der Waals surface area contributed by atoms with Gasteiger partial charge in [0.1, 0.15) is 12.2 Å². The van der Waals surface area contributed by atoms with Crippen LogP contribution in [0.3, 0.4) is 0 Å². The number of carbonyl (C=O) groups is 4. The highest BCUT2D eigenvalue weighted by Gasteiger charge is 2.44. The lowest BCUT2D eigenvalue weighted by Crippen LogP contribution is -2.49. The summed E-state index contributed by atoms with van der Waals surface area (Å²) in [5, 5.41) is 11.1. The third kappa shape index (κ3) is 7.52. The van der Waals surface area contributed by atoms with Crippen molar-refractivity contribution in [2.24, 2.45) is 23.7 Å². The van der Waals surface area contributed by atoms with Gasteiger partial charge in [0.2, 0.25) is 0 Å². The number of nitro benzene ring substituents is 1. The van der Waals surface area contributed by atoms with E-state index in [1.165, 1.54) is 24.3 Å². The first-order valence-corrected chi connectivity index (χ1v) is 15.5. The smallest absolute Gasteiger partial charge is 0.338 e. The molecule has 10 nitrogen and oxygen atoms in total. The van der Waals surface area contributed by atoms with Gasteiger partial charge in [0.25, 0.3) is 17.5 Å². The largest absolute Gasteiger partial charge is 0.462 e. The molecule has 1 aliphatic carbocycles. The molecule has 0 radical (unpaired) electrons. The van der Waals surface area contributed by atoms with Crippen molar-refractivity contribution in [3.05, 3.63) is 75.3 Å². The van der Waals surface area contributed by atoms with Crippen molar-refractivity contribution in [3.8, 4) is 0 Å². The molecule has 2 aliphatic rings. The molecule has 10 heteroatoms. The molecular weight excluding hydrogens is 564 g/mol. The maximum absolute atomic E-state index is 13.5. The van der Waals surface area contributed by atoms with Gasteiger partial charge in [-0.2, -0.15) is 0 Å². The number of rotatable bonds is 12. The lowest BCUT2D eigenvalue weighted by molar-refractivity contribution is -0.384. The molecule has 1 aliphatic heterocycles. The minimum absolute atomic E-state index is 0.00682. The molecule has 0 bridgehead atoms. The van der Waals surface area contributed by atoms with Gasteiger partial charge in [-0.1, -0.05) is 53.2 Å². The zero-order chi connectivity index (χ0) is 32.1. The number of benzene rings is 2. The Morgan fingerprint density at radius 1 is 0.977 bits per heavy atom. The molecule has 1 heterocycles. The molecule has 2 aromatic rings. The van der Waals surface area contributed by atoms with E-state index in [-0.39, 0.29) is 53.2 Å². The topological polar surface area (TPSA) is 133 Å². The SMILES string of the molecule is CC(C)C[C@@H]([C@H](CCC(=O)O[C@@H]1C[C@H](C)CC[C@H]1C(C)C)OC(=O)c1ccc([N+](=O)[O-])cc1)N1C(=O)c2ccccc2C1=O. The van der Waals surface area contributed by atoms with Crippen LogP contribution >= 0.6 is 0 Å². The summed E-state index contributed by atoms with van der Waals surface area (Å²) in [6.45, 7) is 10.3. The fourth-order valence-electron chi connectivity index (χ4n) is 6.41. The van der Waals surface area contributed by atoms with Crippen LogP contribution in [-0.2, 0) is 14.3 Å². The number of fused-ring (bicyclic) bond motifs is 1. The van der Waals surface area contributed by atoms with Crippen molar-refractivity contribution in [2.75, 3.05) is 0 Å². The van der Waals surface area contributed by atoms with E-state index in [0.717, 1.165) is 24.2 Å². The summed E-state index contributed by atoms with van der Waals surface area (Å²) in [6, 6.07) is 10.7. The highest BCUT2D eigenvalue weighted by molar-refractivity contribution is 6.21. The number of amides is 2. The summed E-state index contributed by atoms with van der Waals surface area (Å²) < 4.78 is 12.0. The number of nitrogens with zero attached hydrogens (tertiary/aromatic N) is 2. The van der Waals surface area contributed by atoms with Gasteiger partial charge in [-0.05, 0) is 73.6 Å². The molecule has 0 N–H and O–H groups in total. The first-order valence-electron chi connectivity index (χ1n) is 15.5. The van der Waals surface area contributed by atoms with Crippen molar-refractivity contribution < 1.29 is 33.6 Å². The molecule has 1 saturated carbocycles. The Hall–Kier alpha value is -4.08. The molecule has 2 aromatic carbocycles. The van der Waals surface area contributed by atoms with Gasteiger partial charge in [-0.3, -0.25) is 29.4 Å². The molecule has 1 fully saturated rings. The van der Waals surface area contributed by atoms with Crippen LogP contribution in [0.4, 0.5) is 5.69 Å². The Labute approximate surface area is 258 Å². The molecule has 0 aromatic heterocycles. The monoisotopic (exact) mass is 606 g/mol. The molecule has 5 atom stereocenters. The maximum Gasteiger partial charge on any atom is 0.338 e. The number of ether oxygens (including phenoxy) is 2. The van der Waals surface area contributed by atoms with Crippen LogP contribution in [0.25, 0.3) is 0 Å². The van der Waals surface area contributed by atoms with E-state index in [2.05, 4.69) is 20.8 Å². The van der Waals surface area contributed by atoms with E-state index in [1.54, 1.807) is 24.3 Å². The van der Waals surface area contributed by atoms with Gasteiger partial charge < -0.3 is 9.47 Å². The van der Waals surface area contributed by atoms with Crippen LogP contribution < -0.4 is 0 Å². The Morgan fingerprint density at radius 2 is 1.59 bits per heavy atom. The van der Waals surface area contributed by atoms with Crippen LogP contribution in [0, 0.1) is 33.8 Å². The van der Waals surface area contributed by atoms with Crippen molar-refractivity contribution >= 4 is 29.4 Å². The quantitative estimate of drug-likeness (QED) is 0.114. The Morgan fingerprint density at radius 3 is 2.14 bits per heavy atom. The van der Waals surface area contributed by atoms with E-state index >= 15 is 0 Å². The predicted octanol–water partition coefficient (Wildman–Crippen LogP) is 6.62. The van der Waals surface area contributed by atoms with Gasteiger partial charge in [0.15, 0.2) is 0 Å². The fourth-order valence-corrected chi connectivity index (χ4v) is 6.41. The van der Waals surface area contributed by atoms with Crippen molar-refractivity contribution in [3.63, 3.8) is 0 Å². The second kappa shape index (κ2) is 14.1.